The summed E-state index contributed by atoms with van der Waals surface area (Å²) in [6, 6.07) is 9.88. The predicted molar refractivity (Wildman–Crippen MR) is 112 cm³/mol. The Morgan fingerprint density at radius 1 is 1.29 bits per heavy atom. The molecule has 6 heteroatoms. The first-order valence-electron chi connectivity index (χ1n) is 8.66. The number of benzene rings is 1. The molecule has 24 heavy (non-hydrogen) atoms. The Kier molecular flexibility index (Phi) is 10.8. The topological polar surface area (TPSA) is 48.9 Å². The number of hydrogen-bond acceptors (Lipinski definition) is 3. The van der Waals surface area contributed by atoms with E-state index >= 15 is 0 Å². The smallest absolute Gasteiger partial charge is 0.191 e. The van der Waals surface area contributed by atoms with Crippen LogP contribution in [0, 0.1) is 5.92 Å². The number of nitrogens with one attached hydrogen (secondary N) is 2. The number of nitrogens with zero attached hydrogens (tertiary/aromatic N) is 2. The summed E-state index contributed by atoms with van der Waals surface area (Å²) in [4.78, 5) is 6.81. The first-order valence-corrected chi connectivity index (χ1v) is 8.66. The lowest BCUT2D eigenvalue weighted by Crippen LogP contribution is -2.45. The number of likely N-dealkylation sites (tertiary alicyclic amines) is 1. The van der Waals surface area contributed by atoms with Gasteiger partial charge in [-0.25, -0.2) is 0 Å². The first kappa shape index (κ1) is 21.0. The van der Waals surface area contributed by atoms with E-state index in [1.165, 1.54) is 25.9 Å². The molecule has 5 nitrogen and oxygen atoms in total. The Morgan fingerprint density at radius 2 is 2.08 bits per heavy atom. The Morgan fingerprint density at radius 3 is 2.79 bits per heavy atom. The van der Waals surface area contributed by atoms with Crippen molar-refractivity contribution in [1.29, 1.82) is 0 Å². The van der Waals surface area contributed by atoms with Crippen LogP contribution in [0.4, 0.5) is 0 Å². The van der Waals surface area contributed by atoms with Gasteiger partial charge >= 0.3 is 0 Å². The molecule has 0 bridgehead atoms. The standard InChI is InChI=1S/C18H30N4O.HI/c1-3-22-12-7-8-16(15-22)14-21-18(19-2)20-11-13-23-17-9-5-4-6-10-17;/h4-6,9-10,16H,3,7-8,11-15H2,1-2H3,(H2,19,20,21);1H. The van der Waals surface area contributed by atoms with Crippen LogP contribution in [0.15, 0.2) is 35.3 Å². The minimum Gasteiger partial charge on any atom is -0.492 e. The summed E-state index contributed by atoms with van der Waals surface area (Å²) in [5.74, 6) is 2.47. The van der Waals surface area contributed by atoms with Gasteiger partial charge in [0.2, 0.25) is 0 Å². The molecule has 0 saturated carbocycles. The molecule has 0 aliphatic carbocycles. The van der Waals surface area contributed by atoms with Crippen LogP contribution in [0.1, 0.15) is 19.8 Å². The fraction of sp³-hybridized carbons (Fsp3) is 0.611. The fourth-order valence-electron chi connectivity index (χ4n) is 2.92. The number of halogens is 1. The van der Waals surface area contributed by atoms with Crippen LogP contribution in [-0.2, 0) is 0 Å². The number of aliphatic imine (C=N–C) groups is 1. The monoisotopic (exact) mass is 446 g/mol. The highest BCUT2D eigenvalue weighted by molar-refractivity contribution is 14.0. The Bertz CT molecular complexity index is 469. The van der Waals surface area contributed by atoms with E-state index in [4.69, 9.17) is 4.74 Å². The van der Waals surface area contributed by atoms with Crippen molar-refractivity contribution in [3.05, 3.63) is 30.3 Å². The molecule has 2 rings (SSSR count). The molecule has 0 amide bonds. The van der Waals surface area contributed by atoms with Crippen molar-refractivity contribution in [3.63, 3.8) is 0 Å². The molecular weight excluding hydrogens is 415 g/mol. The molecule has 1 aliphatic rings. The summed E-state index contributed by atoms with van der Waals surface area (Å²) in [6.45, 7) is 8.17. The molecule has 1 saturated heterocycles. The van der Waals surface area contributed by atoms with E-state index in [-0.39, 0.29) is 24.0 Å². The zero-order chi connectivity index (χ0) is 16.3. The van der Waals surface area contributed by atoms with Crippen molar-refractivity contribution in [1.82, 2.24) is 15.5 Å². The minimum atomic E-state index is 0. The van der Waals surface area contributed by atoms with Crippen LogP contribution in [0.2, 0.25) is 0 Å². The lowest BCUT2D eigenvalue weighted by atomic mass is 9.98. The quantitative estimate of drug-likeness (QED) is 0.293. The van der Waals surface area contributed by atoms with Crippen molar-refractivity contribution in [2.45, 2.75) is 19.8 Å². The molecule has 0 aromatic heterocycles. The van der Waals surface area contributed by atoms with Gasteiger partial charge in [-0.2, -0.15) is 0 Å². The summed E-state index contributed by atoms with van der Waals surface area (Å²) in [7, 11) is 1.81. The third-order valence-electron chi connectivity index (χ3n) is 4.24. The number of para-hydroxylation sites is 1. The highest BCUT2D eigenvalue weighted by Gasteiger charge is 2.18. The molecule has 1 atom stereocenters. The lowest BCUT2D eigenvalue weighted by Gasteiger charge is -2.32. The molecular formula is C18H31IN4O. The first-order chi connectivity index (χ1) is 11.3. The van der Waals surface area contributed by atoms with E-state index in [2.05, 4.69) is 27.4 Å². The number of hydrogen-bond donors (Lipinski definition) is 2. The van der Waals surface area contributed by atoms with Gasteiger partial charge in [0.05, 0.1) is 6.54 Å². The zero-order valence-electron chi connectivity index (χ0n) is 14.8. The molecule has 1 heterocycles. The molecule has 1 unspecified atom stereocenters. The maximum Gasteiger partial charge on any atom is 0.191 e. The van der Waals surface area contributed by atoms with Crippen molar-refractivity contribution in [3.8, 4) is 5.75 Å². The summed E-state index contributed by atoms with van der Waals surface area (Å²) in [6.07, 6.45) is 2.61. The number of piperidine rings is 1. The second kappa shape index (κ2) is 12.4. The molecule has 0 radical (unpaired) electrons. The van der Waals surface area contributed by atoms with Gasteiger partial charge in [-0.15, -0.1) is 24.0 Å². The van der Waals surface area contributed by atoms with Crippen LogP contribution in [0.3, 0.4) is 0 Å². The van der Waals surface area contributed by atoms with Crippen molar-refractivity contribution < 1.29 is 4.74 Å². The van der Waals surface area contributed by atoms with Gasteiger partial charge in [-0.1, -0.05) is 25.1 Å². The van der Waals surface area contributed by atoms with Gasteiger partial charge in [0.25, 0.3) is 0 Å². The molecule has 1 aromatic rings. The minimum absolute atomic E-state index is 0. The van der Waals surface area contributed by atoms with Gasteiger partial charge in [0, 0.05) is 20.1 Å². The van der Waals surface area contributed by atoms with E-state index in [1.807, 2.05) is 37.4 Å². The number of ether oxygens (including phenoxy) is 1. The highest BCUT2D eigenvalue weighted by Crippen LogP contribution is 2.15. The Hall–Kier alpha value is -1.02. The van der Waals surface area contributed by atoms with Crippen molar-refractivity contribution in [2.75, 3.05) is 46.4 Å². The summed E-state index contributed by atoms with van der Waals surface area (Å²) < 4.78 is 5.67. The maximum atomic E-state index is 5.67. The second-order valence-electron chi connectivity index (χ2n) is 5.94. The van der Waals surface area contributed by atoms with Gasteiger partial charge in [-0.05, 0) is 44.0 Å². The van der Waals surface area contributed by atoms with Gasteiger partial charge in [0.15, 0.2) is 5.96 Å². The maximum absolute atomic E-state index is 5.67. The van der Waals surface area contributed by atoms with E-state index in [0.29, 0.717) is 12.5 Å². The zero-order valence-corrected chi connectivity index (χ0v) is 17.2. The van der Waals surface area contributed by atoms with E-state index in [1.54, 1.807) is 0 Å². The summed E-state index contributed by atoms with van der Waals surface area (Å²) in [5, 5.41) is 6.74. The van der Waals surface area contributed by atoms with Crippen molar-refractivity contribution in [2.24, 2.45) is 10.9 Å². The lowest BCUT2D eigenvalue weighted by molar-refractivity contribution is 0.183. The fourth-order valence-corrected chi connectivity index (χ4v) is 2.92. The van der Waals surface area contributed by atoms with Crippen LogP contribution >= 0.6 is 24.0 Å². The summed E-state index contributed by atoms with van der Waals surface area (Å²) >= 11 is 0. The average Bonchev–Trinajstić information content (AvgIpc) is 2.62. The van der Waals surface area contributed by atoms with Crippen LogP contribution in [0.25, 0.3) is 0 Å². The number of guanidine groups is 1. The van der Waals surface area contributed by atoms with Gasteiger partial charge in [0.1, 0.15) is 12.4 Å². The van der Waals surface area contributed by atoms with Gasteiger partial charge in [-0.3, -0.25) is 4.99 Å². The average molecular weight is 446 g/mol. The predicted octanol–water partition coefficient (Wildman–Crippen LogP) is 2.58. The number of rotatable bonds is 7. The highest BCUT2D eigenvalue weighted by atomic mass is 127. The van der Waals surface area contributed by atoms with Crippen LogP contribution < -0.4 is 15.4 Å². The Labute approximate surface area is 163 Å². The van der Waals surface area contributed by atoms with E-state index in [9.17, 15) is 0 Å². The Balaban J connectivity index is 0.00000288. The van der Waals surface area contributed by atoms with Crippen LogP contribution in [-0.4, -0.2) is 57.2 Å². The van der Waals surface area contributed by atoms with Crippen LogP contribution in [0.5, 0.6) is 5.75 Å². The SMILES string of the molecule is CCN1CCCC(CNC(=NC)NCCOc2ccccc2)C1.I. The molecule has 1 fully saturated rings. The van der Waals surface area contributed by atoms with Gasteiger partial charge < -0.3 is 20.3 Å². The normalized spacial score (nSPS) is 18.6. The third-order valence-corrected chi connectivity index (χ3v) is 4.24. The molecule has 136 valence electrons. The molecule has 0 spiro atoms. The molecule has 1 aromatic carbocycles. The second-order valence-corrected chi connectivity index (χ2v) is 5.94. The van der Waals surface area contributed by atoms with E-state index < -0.39 is 0 Å². The van der Waals surface area contributed by atoms with E-state index in [0.717, 1.165) is 31.3 Å². The molecule has 2 N–H and O–H groups in total. The molecule has 1 aliphatic heterocycles. The summed E-state index contributed by atoms with van der Waals surface area (Å²) in [5.41, 5.74) is 0. The van der Waals surface area contributed by atoms with Crippen molar-refractivity contribution >= 4 is 29.9 Å². The largest absolute Gasteiger partial charge is 0.492 e. The third kappa shape index (κ3) is 7.70.